The first-order valence-electron chi connectivity index (χ1n) is 6.61. The van der Waals surface area contributed by atoms with Crippen LogP contribution in [0.5, 0.6) is 0 Å². The summed E-state index contributed by atoms with van der Waals surface area (Å²) in [7, 11) is 0. The molecule has 0 saturated heterocycles. The Hall–Kier alpha value is -0.280. The number of aromatic nitrogens is 1. The van der Waals surface area contributed by atoms with Crippen LogP contribution in [0.1, 0.15) is 45.6 Å². The van der Waals surface area contributed by atoms with Crippen LogP contribution in [0.3, 0.4) is 0 Å². The molecule has 18 heavy (non-hydrogen) atoms. The third-order valence-corrected chi connectivity index (χ3v) is 3.92. The molecule has 0 radical (unpaired) electrons. The Bertz CT molecular complexity index is 371. The fraction of sp³-hybridized carbons (Fsp3) is 0.643. The highest BCUT2D eigenvalue weighted by atomic mass is 79.9. The van der Waals surface area contributed by atoms with Gasteiger partial charge in [-0.2, -0.15) is 0 Å². The smallest absolute Gasteiger partial charge is 0.133 e. The molecule has 2 nitrogen and oxygen atoms in total. The lowest BCUT2D eigenvalue weighted by Gasteiger charge is -2.31. The van der Waals surface area contributed by atoms with Crippen LogP contribution in [0, 0.1) is 0 Å². The molecule has 0 saturated carbocycles. The summed E-state index contributed by atoms with van der Waals surface area (Å²) >= 11 is 9.50. The molecule has 1 unspecified atom stereocenters. The fourth-order valence-corrected chi connectivity index (χ4v) is 2.49. The molecule has 1 aromatic rings. The largest absolute Gasteiger partial charge is 0.354 e. The molecule has 0 aliphatic heterocycles. The van der Waals surface area contributed by atoms with Crippen LogP contribution >= 0.6 is 27.5 Å². The molecule has 0 N–H and O–H groups in total. The van der Waals surface area contributed by atoms with Crippen molar-refractivity contribution >= 4 is 33.3 Å². The lowest BCUT2D eigenvalue weighted by molar-refractivity contribution is 0.588. The molecular weight excluding hydrogens is 312 g/mol. The summed E-state index contributed by atoms with van der Waals surface area (Å²) in [6, 6.07) is 2.56. The Morgan fingerprint density at radius 1 is 1.44 bits per heavy atom. The zero-order valence-electron chi connectivity index (χ0n) is 11.4. The molecule has 0 bridgehead atoms. The Labute approximate surface area is 124 Å². The molecule has 0 amide bonds. The first-order chi connectivity index (χ1) is 8.63. The number of anilines is 1. The molecule has 1 atom stereocenters. The van der Waals surface area contributed by atoms with Gasteiger partial charge in [0.2, 0.25) is 0 Å². The van der Waals surface area contributed by atoms with E-state index in [1.165, 1.54) is 12.8 Å². The van der Waals surface area contributed by atoms with Crippen molar-refractivity contribution in [1.29, 1.82) is 0 Å². The standard InChI is InChI=1S/C14H22BrClN2/c1-4-6-7-18(11(3)5-2)14-12(9-16)8-13(15)10-17-14/h8,10-11H,4-7,9H2,1-3H3. The number of hydrogen-bond acceptors (Lipinski definition) is 2. The van der Waals surface area contributed by atoms with Gasteiger partial charge in [0.25, 0.3) is 0 Å². The average Bonchev–Trinajstić information content (AvgIpc) is 2.39. The molecule has 0 aliphatic carbocycles. The van der Waals surface area contributed by atoms with Gasteiger partial charge in [-0.1, -0.05) is 20.3 Å². The molecular formula is C14H22BrClN2. The first kappa shape index (κ1) is 15.8. The van der Waals surface area contributed by atoms with Crippen molar-refractivity contribution in [2.24, 2.45) is 0 Å². The number of halogens is 2. The summed E-state index contributed by atoms with van der Waals surface area (Å²) < 4.78 is 0.987. The molecule has 4 heteroatoms. The summed E-state index contributed by atoms with van der Waals surface area (Å²) in [6.45, 7) is 7.72. The maximum absolute atomic E-state index is 6.04. The Kier molecular flexibility index (Phi) is 7.02. The number of hydrogen-bond donors (Lipinski definition) is 0. The van der Waals surface area contributed by atoms with E-state index < -0.39 is 0 Å². The topological polar surface area (TPSA) is 16.1 Å². The highest BCUT2D eigenvalue weighted by Crippen LogP contribution is 2.25. The van der Waals surface area contributed by atoms with Crippen LogP contribution in [0.15, 0.2) is 16.7 Å². The van der Waals surface area contributed by atoms with E-state index in [2.05, 4.69) is 52.7 Å². The van der Waals surface area contributed by atoms with Gasteiger partial charge in [-0.25, -0.2) is 4.98 Å². The summed E-state index contributed by atoms with van der Waals surface area (Å²) in [5.41, 5.74) is 1.10. The van der Waals surface area contributed by atoms with Crippen molar-refractivity contribution in [1.82, 2.24) is 4.98 Å². The maximum Gasteiger partial charge on any atom is 0.133 e. The van der Waals surface area contributed by atoms with E-state index in [1.54, 1.807) is 0 Å². The van der Waals surface area contributed by atoms with Crippen LogP contribution < -0.4 is 4.90 Å². The van der Waals surface area contributed by atoms with Crippen LogP contribution in [-0.4, -0.2) is 17.6 Å². The number of alkyl halides is 1. The number of nitrogens with zero attached hydrogens (tertiary/aromatic N) is 2. The summed E-state index contributed by atoms with van der Waals surface area (Å²) in [6.07, 6.45) is 5.35. The minimum Gasteiger partial charge on any atom is -0.354 e. The van der Waals surface area contributed by atoms with Gasteiger partial charge in [-0.15, -0.1) is 11.6 Å². The van der Waals surface area contributed by atoms with Gasteiger partial charge in [0.05, 0.1) is 5.88 Å². The van der Waals surface area contributed by atoms with Gasteiger partial charge in [0.1, 0.15) is 5.82 Å². The predicted octanol–water partition coefficient (Wildman–Crippen LogP) is 4.99. The number of unbranched alkanes of at least 4 members (excludes halogenated alkanes) is 1. The minimum absolute atomic E-state index is 0.493. The van der Waals surface area contributed by atoms with Gasteiger partial charge >= 0.3 is 0 Å². The van der Waals surface area contributed by atoms with Crippen molar-refractivity contribution in [2.45, 2.75) is 52.0 Å². The van der Waals surface area contributed by atoms with Crippen LogP contribution in [-0.2, 0) is 5.88 Å². The third kappa shape index (κ3) is 4.13. The molecule has 1 aromatic heterocycles. The monoisotopic (exact) mass is 332 g/mol. The Balaban J connectivity index is 3.03. The van der Waals surface area contributed by atoms with E-state index in [0.29, 0.717) is 11.9 Å². The zero-order chi connectivity index (χ0) is 13.5. The normalized spacial score (nSPS) is 12.5. The second-order valence-electron chi connectivity index (χ2n) is 4.57. The van der Waals surface area contributed by atoms with Crippen molar-refractivity contribution in [3.05, 3.63) is 22.3 Å². The van der Waals surface area contributed by atoms with E-state index in [9.17, 15) is 0 Å². The molecule has 0 aliphatic rings. The molecule has 0 spiro atoms. The average molecular weight is 334 g/mol. The van der Waals surface area contributed by atoms with Crippen LogP contribution in [0.25, 0.3) is 0 Å². The van der Waals surface area contributed by atoms with Crippen LogP contribution in [0.4, 0.5) is 5.82 Å². The van der Waals surface area contributed by atoms with Gasteiger partial charge in [-0.3, -0.25) is 0 Å². The SMILES string of the molecule is CCCCN(c1ncc(Br)cc1CCl)C(C)CC. The van der Waals surface area contributed by atoms with Crippen molar-refractivity contribution in [3.63, 3.8) is 0 Å². The lowest BCUT2D eigenvalue weighted by atomic mass is 10.1. The highest BCUT2D eigenvalue weighted by molar-refractivity contribution is 9.10. The second-order valence-corrected chi connectivity index (χ2v) is 5.76. The summed E-state index contributed by atoms with van der Waals surface area (Å²) in [5.74, 6) is 1.54. The van der Waals surface area contributed by atoms with E-state index in [1.807, 2.05) is 6.20 Å². The molecule has 1 heterocycles. The lowest BCUT2D eigenvalue weighted by Crippen LogP contribution is -2.35. The van der Waals surface area contributed by atoms with E-state index in [-0.39, 0.29) is 0 Å². The molecule has 1 rings (SSSR count). The van der Waals surface area contributed by atoms with E-state index in [4.69, 9.17) is 11.6 Å². The van der Waals surface area contributed by atoms with Gasteiger partial charge in [0.15, 0.2) is 0 Å². The summed E-state index contributed by atoms with van der Waals surface area (Å²) in [4.78, 5) is 6.95. The number of pyridine rings is 1. The van der Waals surface area contributed by atoms with Crippen molar-refractivity contribution < 1.29 is 0 Å². The fourth-order valence-electron chi connectivity index (χ4n) is 1.91. The van der Waals surface area contributed by atoms with Crippen molar-refractivity contribution in [2.75, 3.05) is 11.4 Å². The minimum atomic E-state index is 0.493. The Morgan fingerprint density at radius 3 is 2.72 bits per heavy atom. The number of rotatable bonds is 7. The second kappa shape index (κ2) is 8.00. The third-order valence-electron chi connectivity index (χ3n) is 3.20. The van der Waals surface area contributed by atoms with Crippen molar-refractivity contribution in [3.8, 4) is 0 Å². The van der Waals surface area contributed by atoms with Gasteiger partial charge in [0, 0.05) is 28.8 Å². The van der Waals surface area contributed by atoms with Gasteiger partial charge < -0.3 is 4.90 Å². The van der Waals surface area contributed by atoms with E-state index >= 15 is 0 Å². The summed E-state index contributed by atoms with van der Waals surface area (Å²) in [5, 5.41) is 0. The first-order valence-corrected chi connectivity index (χ1v) is 7.93. The molecule has 102 valence electrons. The Morgan fingerprint density at radius 2 is 2.17 bits per heavy atom. The quantitative estimate of drug-likeness (QED) is 0.654. The molecule has 0 aromatic carbocycles. The van der Waals surface area contributed by atoms with E-state index in [0.717, 1.165) is 28.8 Å². The van der Waals surface area contributed by atoms with Crippen LogP contribution in [0.2, 0.25) is 0 Å². The zero-order valence-corrected chi connectivity index (χ0v) is 13.8. The van der Waals surface area contributed by atoms with Gasteiger partial charge in [-0.05, 0) is 41.8 Å². The highest BCUT2D eigenvalue weighted by Gasteiger charge is 2.17. The molecule has 0 fully saturated rings. The maximum atomic E-state index is 6.04. The predicted molar refractivity (Wildman–Crippen MR) is 83.5 cm³/mol.